The van der Waals surface area contributed by atoms with Gasteiger partial charge in [0.05, 0.1) is 23.7 Å². The molecule has 1 aromatic carbocycles. The molecule has 0 saturated carbocycles. The molecular formula is C18H15F6N3O3S. The molecule has 0 aliphatic carbocycles. The molecule has 0 N–H and O–H groups in total. The van der Waals surface area contributed by atoms with Gasteiger partial charge in [0.25, 0.3) is 5.91 Å². The first kappa shape index (κ1) is 22.8. The third-order valence-electron chi connectivity index (χ3n) is 4.40. The minimum Gasteiger partial charge on any atom is -0.491 e. The predicted octanol–water partition coefficient (Wildman–Crippen LogP) is 5.07. The quantitative estimate of drug-likeness (QED) is 0.440. The Bertz CT molecular complexity index is 969. The van der Waals surface area contributed by atoms with E-state index in [9.17, 15) is 31.1 Å². The smallest absolute Gasteiger partial charge is 0.491 e. The van der Waals surface area contributed by atoms with E-state index in [0.29, 0.717) is 5.01 Å². The summed E-state index contributed by atoms with van der Waals surface area (Å²) in [7, 11) is 0. The van der Waals surface area contributed by atoms with Crippen molar-refractivity contribution in [1.29, 1.82) is 0 Å². The summed E-state index contributed by atoms with van der Waals surface area (Å²) >= 11 is 1.12. The minimum absolute atomic E-state index is 0.0407. The Morgan fingerprint density at radius 1 is 1.29 bits per heavy atom. The maximum absolute atomic E-state index is 13.1. The number of alkyl halides is 6. The van der Waals surface area contributed by atoms with Gasteiger partial charge >= 0.3 is 12.5 Å². The highest BCUT2D eigenvalue weighted by Gasteiger charge is 2.49. The zero-order valence-electron chi connectivity index (χ0n) is 15.9. The van der Waals surface area contributed by atoms with E-state index < -0.39 is 54.5 Å². The maximum atomic E-state index is 13.1. The molecule has 13 heteroatoms. The van der Waals surface area contributed by atoms with Crippen LogP contribution in [0.3, 0.4) is 0 Å². The fourth-order valence-corrected chi connectivity index (χ4v) is 3.63. The van der Waals surface area contributed by atoms with E-state index in [1.165, 1.54) is 6.20 Å². The van der Waals surface area contributed by atoms with Crippen LogP contribution in [0.5, 0.6) is 11.5 Å². The number of hydrogen-bond donors (Lipinski definition) is 0. The van der Waals surface area contributed by atoms with Gasteiger partial charge in [-0.3, -0.25) is 9.79 Å². The number of ether oxygens (including phenoxy) is 2. The van der Waals surface area contributed by atoms with Gasteiger partial charge in [-0.05, 0) is 19.7 Å². The number of rotatable bonds is 6. The Balaban J connectivity index is 2.15. The van der Waals surface area contributed by atoms with Crippen molar-refractivity contribution in [2.75, 3.05) is 19.7 Å². The van der Waals surface area contributed by atoms with Gasteiger partial charge in [-0.25, -0.2) is 4.98 Å². The second kappa shape index (κ2) is 8.36. The Morgan fingerprint density at radius 3 is 2.45 bits per heavy atom. The number of thiazole rings is 1. The lowest BCUT2D eigenvalue weighted by Crippen LogP contribution is -2.55. The number of hydrogen-bond acceptors (Lipinski definition) is 6. The first-order valence-electron chi connectivity index (χ1n) is 8.78. The Morgan fingerprint density at radius 2 is 1.97 bits per heavy atom. The Hall–Kier alpha value is -2.83. The molecule has 2 heterocycles. The van der Waals surface area contributed by atoms with E-state index in [4.69, 9.17) is 4.74 Å². The highest BCUT2D eigenvalue weighted by molar-refractivity contribution is 7.13. The molecule has 1 aromatic heterocycles. The summed E-state index contributed by atoms with van der Waals surface area (Å²) in [5.74, 6) is -3.95. The number of halogens is 6. The molecule has 31 heavy (non-hydrogen) atoms. The van der Waals surface area contributed by atoms with Crippen LogP contribution in [-0.2, 0) is 0 Å². The number of nitrogens with zero attached hydrogens (tertiary/aromatic N) is 3. The first-order valence-corrected chi connectivity index (χ1v) is 9.66. The van der Waals surface area contributed by atoms with Crippen molar-refractivity contribution in [3.63, 3.8) is 0 Å². The van der Waals surface area contributed by atoms with Crippen LogP contribution in [0.4, 0.5) is 32.0 Å². The fourth-order valence-electron chi connectivity index (χ4n) is 2.98. The van der Waals surface area contributed by atoms with Gasteiger partial charge in [-0.2, -0.15) is 13.2 Å². The summed E-state index contributed by atoms with van der Waals surface area (Å²) in [6.45, 7) is 3.51. The number of carbonyl (C=O) groups excluding carboxylic acids is 1. The molecule has 168 valence electrons. The van der Waals surface area contributed by atoms with Crippen molar-refractivity contribution in [3.8, 4) is 22.1 Å². The molecule has 0 spiro atoms. The predicted molar refractivity (Wildman–Crippen MR) is 100 cm³/mol. The largest absolute Gasteiger partial charge is 0.573 e. The van der Waals surface area contributed by atoms with Gasteiger partial charge in [0.1, 0.15) is 10.7 Å². The van der Waals surface area contributed by atoms with Crippen LogP contribution in [-0.4, -0.2) is 54.7 Å². The number of likely N-dealkylation sites (tertiary alicyclic amines) is 1. The molecule has 6 nitrogen and oxygen atoms in total. The monoisotopic (exact) mass is 467 g/mol. The van der Waals surface area contributed by atoms with Gasteiger partial charge in [-0.1, -0.05) is 0 Å². The van der Waals surface area contributed by atoms with E-state index in [-0.39, 0.29) is 17.9 Å². The highest BCUT2D eigenvalue weighted by Crippen LogP contribution is 2.49. The van der Waals surface area contributed by atoms with Crippen molar-refractivity contribution in [2.24, 2.45) is 10.9 Å². The molecule has 0 bridgehead atoms. The Labute approximate surface area is 176 Å². The summed E-state index contributed by atoms with van der Waals surface area (Å²) in [6, 6.07) is 1.06. The van der Waals surface area contributed by atoms with E-state index in [2.05, 4.69) is 21.4 Å². The van der Waals surface area contributed by atoms with Crippen LogP contribution in [0.15, 0.2) is 22.6 Å². The second-order valence-corrected chi connectivity index (χ2v) is 7.30. The van der Waals surface area contributed by atoms with Crippen LogP contribution in [0.2, 0.25) is 0 Å². The SMILES string of the molecule is C=Nc1c(OC(F)(F)F)c(C(=O)N2CC(C(F)(F)F)C2)cc(-c2nccs2)c1OCC. The topological polar surface area (TPSA) is 64.0 Å². The van der Waals surface area contributed by atoms with Gasteiger partial charge < -0.3 is 14.4 Å². The van der Waals surface area contributed by atoms with Gasteiger partial charge in [0, 0.05) is 24.7 Å². The lowest BCUT2D eigenvalue weighted by Gasteiger charge is -2.40. The molecule has 0 radical (unpaired) electrons. The van der Waals surface area contributed by atoms with Crippen LogP contribution in [0.25, 0.3) is 10.6 Å². The first-order chi connectivity index (χ1) is 14.5. The maximum Gasteiger partial charge on any atom is 0.573 e. The molecule has 1 fully saturated rings. The van der Waals surface area contributed by atoms with E-state index in [0.717, 1.165) is 22.3 Å². The van der Waals surface area contributed by atoms with Gasteiger partial charge in [0.15, 0.2) is 11.5 Å². The zero-order valence-corrected chi connectivity index (χ0v) is 16.7. The van der Waals surface area contributed by atoms with Crippen LogP contribution in [0.1, 0.15) is 17.3 Å². The average Bonchev–Trinajstić information content (AvgIpc) is 3.12. The van der Waals surface area contributed by atoms with E-state index in [1.807, 2.05) is 0 Å². The van der Waals surface area contributed by atoms with E-state index in [1.54, 1.807) is 12.3 Å². The van der Waals surface area contributed by atoms with Crippen molar-refractivity contribution in [1.82, 2.24) is 9.88 Å². The molecule has 1 saturated heterocycles. The van der Waals surface area contributed by atoms with Crippen molar-refractivity contribution < 1.29 is 40.6 Å². The molecule has 2 aromatic rings. The van der Waals surface area contributed by atoms with Gasteiger partial charge in [0.2, 0.25) is 0 Å². The zero-order chi connectivity index (χ0) is 23.0. The molecule has 1 amide bonds. The minimum atomic E-state index is -5.20. The number of aromatic nitrogens is 1. The van der Waals surface area contributed by atoms with E-state index >= 15 is 0 Å². The van der Waals surface area contributed by atoms with Gasteiger partial charge in [-0.15, -0.1) is 24.5 Å². The van der Waals surface area contributed by atoms with Crippen molar-refractivity contribution >= 4 is 29.6 Å². The normalized spacial score (nSPS) is 14.9. The lowest BCUT2D eigenvalue weighted by molar-refractivity contribution is -0.274. The summed E-state index contributed by atoms with van der Waals surface area (Å²) in [5, 5.41) is 1.90. The summed E-state index contributed by atoms with van der Waals surface area (Å²) in [6.07, 6.45) is -8.29. The fraction of sp³-hybridized carbons (Fsp3) is 0.389. The highest BCUT2D eigenvalue weighted by atomic mass is 32.1. The summed E-state index contributed by atoms with van der Waals surface area (Å²) < 4.78 is 87.2. The van der Waals surface area contributed by atoms with Crippen LogP contribution >= 0.6 is 11.3 Å². The number of amides is 1. The van der Waals surface area contributed by atoms with Crippen LogP contribution < -0.4 is 9.47 Å². The van der Waals surface area contributed by atoms with Crippen molar-refractivity contribution in [2.45, 2.75) is 19.5 Å². The van der Waals surface area contributed by atoms with Crippen molar-refractivity contribution in [3.05, 3.63) is 23.2 Å². The third-order valence-corrected chi connectivity index (χ3v) is 5.20. The third kappa shape index (κ3) is 4.75. The van der Waals surface area contributed by atoms with Crippen LogP contribution in [0, 0.1) is 5.92 Å². The Kier molecular flexibility index (Phi) is 6.16. The lowest BCUT2D eigenvalue weighted by atomic mass is 9.97. The molecule has 0 atom stereocenters. The number of benzene rings is 1. The molecule has 3 rings (SSSR count). The summed E-state index contributed by atoms with van der Waals surface area (Å²) in [5.41, 5.74) is -0.970. The molecule has 1 aliphatic heterocycles. The average molecular weight is 467 g/mol. The molecular weight excluding hydrogens is 452 g/mol. The molecule has 1 aliphatic rings. The molecule has 0 unspecified atom stereocenters. The standard InChI is InChI=1S/C18H15F6N3O3S/c1-3-29-13-10(15-26-4-5-31-15)6-11(14(12(13)25-2)30-18(22,23)24)16(28)27-7-9(8-27)17(19,20)21/h4-6,9H,2-3,7-8H2,1H3. The second-order valence-electron chi connectivity index (χ2n) is 6.40. The summed E-state index contributed by atoms with van der Waals surface area (Å²) in [4.78, 5) is 21.3. The number of aliphatic imine (C=N–C) groups is 1. The number of carbonyl (C=O) groups is 1.